The lowest BCUT2D eigenvalue weighted by atomic mass is 10.1. The Labute approximate surface area is 161 Å². The molecule has 0 saturated carbocycles. The molecule has 9 heteroatoms. The van der Waals surface area contributed by atoms with E-state index in [1.165, 1.54) is 0 Å². The molecule has 1 aromatic carbocycles. The number of hydrogen-bond acceptors (Lipinski definition) is 4. The minimum atomic E-state index is -0.932. The average molecular weight is 418 g/mol. The van der Waals surface area contributed by atoms with Gasteiger partial charge in [0, 0.05) is 22.7 Å². The van der Waals surface area contributed by atoms with Crippen LogP contribution in [0.15, 0.2) is 30.5 Å². The number of aromatic nitrogens is 2. The van der Waals surface area contributed by atoms with Crippen molar-refractivity contribution in [2.45, 2.75) is 0 Å². The second-order valence-electron chi connectivity index (χ2n) is 4.94. The molecule has 0 fully saturated rings. The van der Waals surface area contributed by atoms with Gasteiger partial charge in [-0.2, -0.15) is 0 Å². The molecule has 5 nitrogen and oxygen atoms in total. The Balaban J connectivity index is 1.78. The van der Waals surface area contributed by atoms with Crippen molar-refractivity contribution in [2.75, 3.05) is 6.61 Å². The predicted octanol–water partition coefficient (Wildman–Crippen LogP) is 5.22. The van der Waals surface area contributed by atoms with Gasteiger partial charge in [-0.25, -0.2) is 9.78 Å². The highest BCUT2D eigenvalue weighted by Crippen LogP contribution is 2.36. The van der Waals surface area contributed by atoms with Gasteiger partial charge >= 0.3 is 5.97 Å². The second kappa shape index (κ2) is 7.22. The predicted molar refractivity (Wildman–Crippen MR) is 97.2 cm³/mol. The van der Waals surface area contributed by atoms with Crippen LogP contribution in [0.25, 0.3) is 10.9 Å². The summed E-state index contributed by atoms with van der Waals surface area (Å²) in [7, 11) is 0. The number of nitrogens with one attached hydrogen (secondary N) is 1. The topological polar surface area (TPSA) is 72.1 Å². The number of Topliss-reactive ketones (excluding diaryl/α,β-unsaturated/α-hetero) is 1. The molecule has 2 heterocycles. The summed E-state index contributed by atoms with van der Waals surface area (Å²) in [6.45, 7) is -0.490. The van der Waals surface area contributed by atoms with Crippen molar-refractivity contribution in [1.29, 1.82) is 0 Å². The Kier molecular flexibility index (Phi) is 5.20. The van der Waals surface area contributed by atoms with Crippen molar-refractivity contribution < 1.29 is 14.3 Å². The molecule has 0 atom stereocenters. The first kappa shape index (κ1) is 18.0. The molecule has 0 radical (unpaired) electrons. The smallest absolute Gasteiger partial charge is 0.359 e. The zero-order chi connectivity index (χ0) is 18.1. The number of rotatable bonds is 4. The number of carbonyl (C=O) groups is 2. The molecule has 3 aromatic rings. The summed E-state index contributed by atoms with van der Waals surface area (Å²) in [4.78, 5) is 31.2. The number of aromatic amines is 1. The van der Waals surface area contributed by atoms with Gasteiger partial charge in [0.2, 0.25) is 5.78 Å². The first-order valence-electron chi connectivity index (χ1n) is 6.86. The molecule has 0 aliphatic rings. The Bertz CT molecular complexity index is 1000. The zero-order valence-electron chi connectivity index (χ0n) is 12.3. The SMILES string of the molecule is O=C(OCC(=O)c1c[nH]c2ccccc12)c1nc(Cl)c(Cl)c(Cl)c1Cl. The van der Waals surface area contributed by atoms with Crippen LogP contribution in [-0.2, 0) is 4.74 Å². The molecule has 128 valence electrons. The molecule has 0 spiro atoms. The first-order valence-corrected chi connectivity index (χ1v) is 8.37. The monoisotopic (exact) mass is 416 g/mol. The van der Waals surface area contributed by atoms with Gasteiger partial charge in [0.1, 0.15) is 5.15 Å². The maximum absolute atomic E-state index is 12.3. The number of halogens is 4. The van der Waals surface area contributed by atoms with Gasteiger partial charge in [0.05, 0.1) is 15.1 Å². The van der Waals surface area contributed by atoms with E-state index in [1.54, 1.807) is 18.3 Å². The van der Waals surface area contributed by atoms with E-state index in [-0.39, 0.29) is 31.7 Å². The van der Waals surface area contributed by atoms with Crippen LogP contribution in [0.2, 0.25) is 20.2 Å². The molecule has 0 bridgehead atoms. The molecule has 0 saturated heterocycles. The second-order valence-corrected chi connectivity index (χ2v) is 6.43. The van der Waals surface area contributed by atoms with Crippen LogP contribution in [0.5, 0.6) is 0 Å². The number of benzene rings is 1. The quantitative estimate of drug-likeness (QED) is 0.359. The van der Waals surface area contributed by atoms with Crippen molar-refractivity contribution >= 4 is 69.1 Å². The van der Waals surface area contributed by atoms with Gasteiger partial charge in [-0.05, 0) is 6.07 Å². The molecule has 0 amide bonds. The molecule has 0 aliphatic carbocycles. The fourth-order valence-corrected chi connectivity index (χ4v) is 3.01. The van der Waals surface area contributed by atoms with E-state index in [9.17, 15) is 9.59 Å². The summed E-state index contributed by atoms with van der Waals surface area (Å²) in [5.74, 6) is -1.31. The average Bonchev–Trinajstić information content (AvgIpc) is 3.04. The summed E-state index contributed by atoms with van der Waals surface area (Å²) in [5, 5.41) is 0.168. The largest absolute Gasteiger partial charge is 0.453 e. The van der Waals surface area contributed by atoms with Crippen molar-refractivity contribution in [2.24, 2.45) is 0 Å². The van der Waals surface area contributed by atoms with Crippen LogP contribution in [0.4, 0.5) is 0 Å². The molecular weight excluding hydrogens is 410 g/mol. The van der Waals surface area contributed by atoms with Crippen molar-refractivity contribution in [3.63, 3.8) is 0 Å². The molecule has 25 heavy (non-hydrogen) atoms. The van der Waals surface area contributed by atoms with Gasteiger partial charge in [0.25, 0.3) is 0 Å². The highest BCUT2D eigenvalue weighted by atomic mass is 35.5. The van der Waals surface area contributed by atoms with E-state index in [2.05, 4.69) is 9.97 Å². The Morgan fingerprint density at radius 2 is 1.76 bits per heavy atom. The summed E-state index contributed by atoms with van der Waals surface area (Å²) in [5.41, 5.74) is 0.903. The third-order valence-corrected chi connectivity index (χ3v) is 5.08. The summed E-state index contributed by atoms with van der Waals surface area (Å²) >= 11 is 23.4. The Hall–Kier alpha value is -1.79. The summed E-state index contributed by atoms with van der Waals surface area (Å²) in [6.07, 6.45) is 1.56. The van der Waals surface area contributed by atoms with Gasteiger partial charge in [-0.3, -0.25) is 4.79 Å². The van der Waals surface area contributed by atoms with Gasteiger partial charge in [0.15, 0.2) is 12.3 Å². The van der Waals surface area contributed by atoms with E-state index < -0.39 is 12.6 Å². The van der Waals surface area contributed by atoms with Crippen LogP contribution in [0.3, 0.4) is 0 Å². The Morgan fingerprint density at radius 3 is 2.52 bits per heavy atom. The summed E-state index contributed by atoms with van der Waals surface area (Å²) in [6, 6.07) is 7.27. The molecular formula is C16H8Cl4N2O3. The number of H-pyrrole nitrogens is 1. The van der Waals surface area contributed by atoms with Crippen LogP contribution < -0.4 is 0 Å². The normalized spacial score (nSPS) is 10.9. The third kappa shape index (κ3) is 3.46. The molecule has 3 rings (SSSR count). The van der Waals surface area contributed by atoms with Crippen molar-refractivity contribution in [1.82, 2.24) is 9.97 Å². The van der Waals surface area contributed by atoms with E-state index >= 15 is 0 Å². The minimum Gasteiger partial charge on any atom is -0.453 e. The standard InChI is InChI=1S/C16H8Cl4N2O3/c17-11-12(18)14(22-15(20)13(11)19)16(24)25-6-10(23)8-5-21-9-4-2-1-3-7(8)9/h1-5,21H,6H2. The molecule has 0 aliphatic heterocycles. The van der Waals surface area contributed by atoms with Crippen molar-refractivity contribution in [3.05, 3.63) is 61.9 Å². The van der Waals surface area contributed by atoms with Gasteiger partial charge < -0.3 is 9.72 Å². The van der Waals surface area contributed by atoms with E-state index in [4.69, 9.17) is 51.1 Å². The number of carbonyl (C=O) groups excluding carboxylic acids is 2. The van der Waals surface area contributed by atoms with E-state index in [0.717, 1.165) is 10.9 Å². The number of nitrogens with zero attached hydrogens (tertiary/aromatic N) is 1. The van der Waals surface area contributed by atoms with Crippen LogP contribution in [0, 0.1) is 0 Å². The number of esters is 1. The summed E-state index contributed by atoms with van der Waals surface area (Å²) < 4.78 is 4.98. The molecule has 2 aromatic heterocycles. The van der Waals surface area contributed by atoms with Crippen molar-refractivity contribution in [3.8, 4) is 0 Å². The fraction of sp³-hybridized carbons (Fsp3) is 0.0625. The Morgan fingerprint density at radius 1 is 1.04 bits per heavy atom. The number of ketones is 1. The lowest BCUT2D eigenvalue weighted by Gasteiger charge is -2.08. The minimum absolute atomic E-state index is 0.0697. The maximum atomic E-state index is 12.3. The number of para-hydroxylation sites is 1. The van der Waals surface area contributed by atoms with E-state index in [0.29, 0.717) is 5.56 Å². The maximum Gasteiger partial charge on any atom is 0.359 e. The van der Waals surface area contributed by atoms with Gasteiger partial charge in [-0.1, -0.05) is 64.6 Å². The fourth-order valence-electron chi connectivity index (χ4n) is 2.20. The third-order valence-electron chi connectivity index (χ3n) is 3.40. The molecule has 0 unspecified atom stereocenters. The lowest BCUT2D eigenvalue weighted by Crippen LogP contribution is -2.15. The zero-order valence-corrected chi connectivity index (χ0v) is 15.3. The number of pyridine rings is 1. The van der Waals surface area contributed by atoms with Crippen LogP contribution in [-0.4, -0.2) is 28.3 Å². The number of fused-ring (bicyclic) bond motifs is 1. The van der Waals surface area contributed by atoms with Crippen LogP contribution >= 0.6 is 46.4 Å². The number of hydrogen-bond donors (Lipinski definition) is 1. The lowest BCUT2D eigenvalue weighted by molar-refractivity contribution is 0.0469. The number of ether oxygens (including phenoxy) is 1. The first-order chi connectivity index (χ1) is 11.9. The highest BCUT2D eigenvalue weighted by molar-refractivity contribution is 6.52. The van der Waals surface area contributed by atoms with E-state index in [1.807, 2.05) is 12.1 Å². The highest BCUT2D eigenvalue weighted by Gasteiger charge is 2.22. The molecule has 1 N–H and O–H groups in total. The van der Waals surface area contributed by atoms with Gasteiger partial charge in [-0.15, -0.1) is 0 Å². The van der Waals surface area contributed by atoms with Crippen LogP contribution in [0.1, 0.15) is 20.8 Å².